The minimum atomic E-state index is 0.151. The third-order valence-electron chi connectivity index (χ3n) is 4.90. The summed E-state index contributed by atoms with van der Waals surface area (Å²) in [5.41, 5.74) is 3.27. The molecule has 1 aromatic rings. The van der Waals surface area contributed by atoms with E-state index in [4.69, 9.17) is 9.47 Å². The molecular weight excluding hydrogens is 296 g/mol. The van der Waals surface area contributed by atoms with E-state index in [9.17, 15) is 0 Å². The summed E-state index contributed by atoms with van der Waals surface area (Å²) < 4.78 is 11.9. The van der Waals surface area contributed by atoms with E-state index in [1.54, 1.807) is 11.3 Å². The van der Waals surface area contributed by atoms with Gasteiger partial charge in [-0.3, -0.25) is 4.90 Å². The summed E-state index contributed by atoms with van der Waals surface area (Å²) in [6.07, 6.45) is 5.63. The molecule has 2 atom stereocenters. The number of ether oxygens (including phenoxy) is 2. The highest BCUT2D eigenvalue weighted by Crippen LogP contribution is 2.41. The van der Waals surface area contributed by atoms with E-state index in [2.05, 4.69) is 23.4 Å². The van der Waals surface area contributed by atoms with Gasteiger partial charge in [0.05, 0.1) is 30.5 Å². The molecule has 2 saturated heterocycles. The molecule has 0 unspecified atom stereocenters. The second kappa shape index (κ2) is 7.21. The fourth-order valence-corrected chi connectivity index (χ4v) is 4.57. The molecule has 4 nitrogen and oxygen atoms in total. The summed E-state index contributed by atoms with van der Waals surface area (Å²) in [6, 6.07) is 0. The Balaban J connectivity index is 1.68. The standard InChI is InChI=1S/C17H26N2O2S/c1-3-8-20-12-17-6-4-9-21-16(17)5-7-19(11-17)10-15-14(2)18-13-22-15/h3,13,16H,1,4-12H2,2H3/t16-,17-/m0/s1. The van der Waals surface area contributed by atoms with Gasteiger partial charge in [-0.25, -0.2) is 4.98 Å². The molecule has 0 bridgehead atoms. The first-order valence-corrected chi connectivity index (χ1v) is 9.03. The Morgan fingerprint density at radius 2 is 2.55 bits per heavy atom. The Morgan fingerprint density at radius 1 is 1.64 bits per heavy atom. The summed E-state index contributed by atoms with van der Waals surface area (Å²) in [5, 5.41) is 0. The molecule has 0 aromatic carbocycles. The minimum Gasteiger partial charge on any atom is -0.377 e. The van der Waals surface area contributed by atoms with Crippen LogP contribution in [-0.2, 0) is 16.0 Å². The van der Waals surface area contributed by atoms with Gasteiger partial charge in [-0.1, -0.05) is 6.08 Å². The van der Waals surface area contributed by atoms with Crippen LogP contribution in [0.3, 0.4) is 0 Å². The first-order chi connectivity index (χ1) is 10.7. The first-order valence-electron chi connectivity index (χ1n) is 8.15. The highest BCUT2D eigenvalue weighted by molar-refractivity contribution is 7.09. The van der Waals surface area contributed by atoms with Gasteiger partial charge in [0.1, 0.15) is 0 Å². The topological polar surface area (TPSA) is 34.6 Å². The molecular formula is C17H26N2O2S. The molecule has 0 saturated carbocycles. The fourth-order valence-electron chi connectivity index (χ4n) is 3.75. The van der Waals surface area contributed by atoms with Crippen molar-refractivity contribution >= 4 is 11.3 Å². The Bertz CT molecular complexity index is 505. The normalized spacial score (nSPS) is 29.2. The zero-order valence-corrected chi connectivity index (χ0v) is 14.2. The summed E-state index contributed by atoms with van der Waals surface area (Å²) in [6.45, 7) is 11.3. The maximum absolute atomic E-state index is 6.08. The molecule has 2 aliphatic rings. The number of rotatable bonds is 6. The lowest BCUT2D eigenvalue weighted by atomic mass is 9.73. The van der Waals surface area contributed by atoms with E-state index in [0.29, 0.717) is 12.7 Å². The highest BCUT2D eigenvalue weighted by atomic mass is 32.1. The van der Waals surface area contributed by atoms with E-state index in [-0.39, 0.29) is 5.41 Å². The summed E-state index contributed by atoms with van der Waals surface area (Å²) in [5.74, 6) is 0. The molecule has 0 radical (unpaired) electrons. The largest absolute Gasteiger partial charge is 0.377 e. The Morgan fingerprint density at radius 3 is 3.32 bits per heavy atom. The molecule has 22 heavy (non-hydrogen) atoms. The number of piperidine rings is 1. The van der Waals surface area contributed by atoms with Crippen molar-refractivity contribution < 1.29 is 9.47 Å². The van der Waals surface area contributed by atoms with E-state index in [1.807, 2.05) is 11.6 Å². The molecule has 0 amide bonds. The van der Waals surface area contributed by atoms with Crippen LogP contribution in [0.1, 0.15) is 29.8 Å². The second-order valence-electron chi connectivity index (χ2n) is 6.49. The van der Waals surface area contributed by atoms with Gasteiger partial charge in [0.2, 0.25) is 0 Å². The van der Waals surface area contributed by atoms with Gasteiger partial charge >= 0.3 is 0 Å². The molecule has 2 aliphatic heterocycles. The summed E-state index contributed by atoms with van der Waals surface area (Å²) >= 11 is 1.76. The van der Waals surface area contributed by atoms with Gasteiger partial charge in [-0.2, -0.15) is 0 Å². The number of hydrogen-bond donors (Lipinski definition) is 0. The van der Waals surface area contributed by atoms with E-state index < -0.39 is 0 Å². The van der Waals surface area contributed by atoms with Gasteiger partial charge in [0, 0.05) is 36.5 Å². The van der Waals surface area contributed by atoms with Gasteiger partial charge in [0.25, 0.3) is 0 Å². The highest BCUT2D eigenvalue weighted by Gasteiger charge is 2.46. The van der Waals surface area contributed by atoms with E-state index in [1.165, 1.54) is 17.0 Å². The number of fused-ring (bicyclic) bond motifs is 1. The number of aromatic nitrogens is 1. The lowest BCUT2D eigenvalue weighted by Gasteiger charge is -2.50. The number of nitrogens with zero attached hydrogens (tertiary/aromatic N) is 2. The number of aryl methyl sites for hydroxylation is 1. The predicted octanol–water partition coefficient (Wildman–Crippen LogP) is 3.03. The van der Waals surface area contributed by atoms with Crippen LogP contribution in [0.15, 0.2) is 18.2 Å². The van der Waals surface area contributed by atoms with Crippen LogP contribution in [0.5, 0.6) is 0 Å². The van der Waals surface area contributed by atoms with Gasteiger partial charge in [-0.05, 0) is 26.2 Å². The van der Waals surface area contributed by atoms with Crippen molar-refractivity contribution in [3.05, 3.63) is 28.7 Å². The molecule has 1 aromatic heterocycles. The predicted molar refractivity (Wildman–Crippen MR) is 89.2 cm³/mol. The summed E-state index contributed by atoms with van der Waals surface area (Å²) in [7, 11) is 0. The van der Waals surface area contributed by atoms with Gasteiger partial charge in [-0.15, -0.1) is 17.9 Å². The molecule has 5 heteroatoms. The molecule has 122 valence electrons. The quantitative estimate of drug-likeness (QED) is 0.596. The molecule has 0 spiro atoms. The molecule has 0 N–H and O–H groups in total. The van der Waals surface area contributed by atoms with E-state index in [0.717, 1.165) is 45.7 Å². The van der Waals surface area contributed by atoms with Crippen LogP contribution < -0.4 is 0 Å². The van der Waals surface area contributed by atoms with Crippen LogP contribution in [0.4, 0.5) is 0 Å². The zero-order chi connectivity index (χ0) is 15.4. The minimum absolute atomic E-state index is 0.151. The Kier molecular flexibility index (Phi) is 5.29. The average molecular weight is 322 g/mol. The third-order valence-corrected chi connectivity index (χ3v) is 5.82. The van der Waals surface area contributed by atoms with Crippen LogP contribution >= 0.6 is 11.3 Å². The van der Waals surface area contributed by atoms with Crippen molar-refractivity contribution in [2.75, 3.05) is 32.9 Å². The van der Waals surface area contributed by atoms with Crippen LogP contribution in [-0.4, -0.2) is 48.9 Å². The lowest BCUT2D eigenvalue weighted by molar-refractivity contribution is -0.151. The Hall–Kier alpha value is -0.750. The molecule has 3 rings (SSSR count). The maximum Gasteiger partial charge on any atom is 0.0798 e. The van der Waals surface area contributed by atoms with Crippen LogP contribution in [0.2, 0.25) is 0 Å². The number of thiazole rings is 1. The van der Waals surface area contributed by atoms with Crippen molar-refractivity contribution in [3.8, 4) is 0 Å². The van der Waals surface area contributed by atoms with Crippen LogP contribution in [0.25, 0.3) is 0 Å². The zero-order valence-electron chi connectivity index (χ0n) is 13.4. The molecule has 2 fully saturated rings. The number of hydrogen-bond acceptors (Lipinski definition) is 5. The molecule has 3 heterocycles. The van der Waals surface area contributed by atoms with Crippen molar-refractivity contribution in [2.24, 2.45) is 5.41 Å². The maximum atomic E-state index is 6.08. The average Bonchev–Trinajstić information content (AvgIpc) is 2.92. The van der Waals surface area contributed by atoms with E-state index >= 15 is 0 Å². The van der Waals surface area contributed by atoms with Crippen molar-refractivity contribution in [1.29, 1.82) is 0 Å². The van der Waals surface area contributed by atoms with Gasteiger partial charge in [0.15, 0.2) is 0 Å². The number of likely N-dealkylation sites (tertiary alicyclic amines) is 1. The van der Waals surface area contributed by atoms with Crippen molar-refractivity contribution in [3.63, 3.8) is 0 Å². The third kappa shape index (κ3) is 3.43. The second-order valence-corrected chi connectivity index (χ2v) is 7.43. The first kappa shape index (κ1) is 16.1. The fraction of sp³-hybridized carbons (Fsp3) is 0.706. The van der Waals surface area contributed by atoms with Crippen molar-refractivity contribution in [1.82, 2.24) is 9.88 Å². The van der Waals surface area contributed by atoms with Gasteiger partial charge < -0.3 is 9.47 Å². The lowest BCUT2D eigenvalue weighted by Crippen LogP contribution is -2.56. The monoisotopic (exact) mass is 322 g/mol. The van der Waals surface area contributed by atoms with Crippen LogP contribution in [0, 0.1) is 12.3 Å². The smallest absolute Gasteiger partial charge is 0.0798 e. The summed E-state index contributed by atoms with van der Waals surface area (Å²) in [4.78, 5) is 8.32. The van der Waals surface area contributed by atoms with Crippen molar-refractivity contribution in [2.45, 2.75) is 38.8 Å². The Labute approximate surface area is 137 Å². The molecule has 0 aliphatic carbocycles. The SMILES string of the molecule is C=CCOC[C@@]12CCCO[C@H]1CCN(Cc1scnc1C)C2.